The van der Waals surface area contributed by atoms with Gasteiger partial charge in [0, 0.05) is 17.2 Å². The second kappa shape index (κ2) is 5.69. The average molecular weight is 234 g/mol. The van der Waals surface area contributed by atoms with Crippen LogP contribution in [0.25, 0.3) is 0 Å². The molecule has 1 rings (SSSR count). The first-order valence-corrected chi connectivity index (χ1v) is 5.03. The van der Waals surface area contributed by atoms with Gasteiger partial charge in [0.25, 0.3) is 5.91 Å². The van der Waals surface area contributed by atoms with Gasteiger partial charge in [0.05, 0.1) is 6.21 Å². The Morgan fingerprint density at radius 2 is 2.12 bits per heavy atom. The Labute approximate surface area is 99.1 Å². The highest BCUT2D eigenvalue weighted by Crippen LogP contribution is 2.20. The monoisotopic (exact) mass is 234 g/mol. The third kappa shape index (κ3) is 3.64. The highest BCUT2D eigenvalue weighted by molar-refractivity contribution is 5.93. The van der Waals surface area contributed by atoms with E-state index in [0.717, 1.165) is 0 Å². The van der Waals surface area contributed by atoms with Crippen molar-refractivity contribution in [3.63, 3.8) is 0 Å². The number of phenolic OH excluding ortho intramolecular Hbond substituents is 2. The average Bonchev–Trinajstić information content (AvgIpc) is 2.30. The fraction of sp³-hybridized carbons (Fsp3) is 0.167. The molecule has 0 aliphatic rings. The Bertz CT molecular complexity index is 479. The van der Waals surface area contributed by atoms with Crippen LogP contribution < -0.4 is 5.43 Å². The van der Waals surface area contributed by atoms with E-state index in [4.69, 9.17) is 5.11 Å². The van der Waals surface area contributed by atoms with Crippen molar-refractivity contribution in [2.75, 3.05) is 0 Å². The van der Waals surface area contributed by atoms with E-state index in [0.29, 0.717) is 11.1 Å². The van der Waals surface area contributed by atoms with Gasteiger partial charge in [-0.2, -0.15) is 5.10 Å². The minimum atomic E-state index is -0.304. The number of hydrogen-bond acceptors (Lipinski definition) is 4. The van der Waals surface area contributed by atoms with E-state index in [2.05, 4.69) is 10.5 Å². The van der Waals surface area contributed by atoms with Crippen molar-refractivity contribution in [3.8, 4) is 11.5 Å². The lowest BCUT2D eigenvalue weighted by Crippen LogP contribution is -2.18. The number of carbonyl (C=O) groups excluding carboxylic acids is 1. The molecule has 0 bridgehead atoms. The largest absolute Gasteiger partial charge is 0.508 e. The molecule has 1 amide bonds. The molecule has 17 heavy (non-hydrogen) atoms. The number of allylic oxidation sites excluding steroid dienone is 1. The van der Waals surface area contributed by atoms with Crippen molar-refractivity contribution in [1.29, 1.82) is 0 Å². The second-order valence-corrected chi connectivity index (χ2v) is 3.41. The lowest BCUT2D eigenvalue weighted by molar-refractivity contribution is -0.117. The van der Waals surface area contributed by atoms with E-state index < -0.39 is 0 Å². The van der Waals surface area contributed by atoms with Crippen molar-refractivity contribution >= 4 is 12.1 Å². The van der Waals surface area contributed by atoms with E-state index in [9.17, 15) is 9.90 Å². The maximum atomic E-state index is 11.3. The van der Waals surface area contributed by atoms with E-state index in [-0.39, 0.29) is 17.4 Å². The number of amides is 1. The van der Waals surface area contributed by atoms with Gasteiger partial charge in [-0.25, -0.2) is 5.43 Å². The molecule has 90 valence electrons. The van der Waals surface area contributed by atoms with Crippen molar-refractivity contribution < 1.29 is 15.0 Å². The van der Waals surface area contributed by atoms with Gasteiger partial charge in [-0.05, 0) is 26.0 Å². The van der Waals surface area contributed by atoms with Crippen LogP contribution in [0.2, 0.25) is 0 Å². The van der Waals surface area contributed by atoms with Gasteiger partial charge >= 0.3 is 0 Å². The van der Waals surface area contributed by atoms with Crippen molar-refractivity contribution in [1.82, 2.24) is 5.43 Å². The Balaban J connectivity index is 2.69. The minimum absolute atomic E-state index is 0.0338. The fourth-order valence-corrected chi connectivity index (χ4v) is 1.02. The van der Waals surface area contributed by atoms with Gasteiger partial charge in [-0.1, -0.05) is 6.08 Å². The lowest BCUT2D eigenvalue weighted by atomic mass is 10.2. The van der Waals surface area contributed by atoms with Gasteiger partial charge in [0.2, 0.25) is 0 Å². The molecule has 1 aromatic carbocycles. The van der Waals surface area contributed by atoms with E-state index in [1.165, 1.54) is 24.4 Å². The van der Waals surface area contributed by atoms with E-state index in [1.54, 1.807) is 19.9 Å². The number of hydrogen-bond donors (Lipinski definition) is 3. The normalized spacial score (nSPS) is 11.8. The standard InChI is InChI=1S/C12H14N2O3/c1-3-8(2)12(17)14-13-7-9-4-5-10(15)6-11(9)16/h3-7,15-16H,1-2H3,(H,14,17)/b8-3-,13-7+. The van der Waals surface area contributed by atoms with Crippen molar-refractivity contribution in [2.45, 2.75) is 13.8 Å². The molecule has 0 fully saturated rings. The second-order valence-electron chi connectivity index (χ2n) is 3.41. The topological polar surface area (TPSA) is 81.9 Å². The van der Waals surface area contributed by atoms with E-state index in [1.807, 2.05) is 0 Å². The molecule has 3 N–H and O–H groups in total. The Morgan fingerprint density at radius 3 is 2.71 bits per heavy atom. The molecule has 5 nitrogen and oxygen atoms in total. The van der Waals surface area contributed by atoms with Crippen LogP contribution in [0.5, 0.6) is 11.5 Å². The van der Waals surface area contributed by atoms with Crippen LogP contribution in [0.15, 0.2) is 34.9 Å². The zero-order valence-corrected chi connectivity index (χ0v) is 9.64. The summed E-state index contributed by atoms with van der Waals surface area (Å²) in [6.07, 6.45) is 2.97. The summed E-state index contributed by atoms with van der Waals surface area (Å²) < 4.78 is 0. The summed E-state index contributed by atoms with van der Waals surface area (Å²) in [7, 11) is 0. The molecule has 0 aromatic heterocycles. The summed E-state index contributed by atoms with van der Waals surface area (Å²) in [5.41, 5.74) is 3.27. The number of rotatable bonds is 3. The number of aromatic hydroxyl groups is 2. The first-order chi connectivity index (χ1) is 8.04. The van der Waals surface area contributed by atoms with Gasteiger partial charge in [0.1, 0.15) is 11.5 Å². The maximum Gasteiger partial charge on any atom is 0.266 e. The fourth-order valence-electron chi connectivity index (χ4n) is 1.02. The van der Waals surface area contributed by atoms with Crippen LogP contribution in [-0.4, -0.2) is 22.3 Å². The Morgan fingerprint density at radius 1 is 1.41 bits per heavy atom. The number of hydrazone groups is 1. The van der Waals surface area contributed by atoms with Gasteiger partial charge < -0.3 is 10.2 Å². The lowest BCUT2D eigenvalue weighted by Gasteiger charge is -2.00. The number of nitrogens with zero attached hydrogens (tertiary/aromatic N) is 1. The van der Waals surface area contributed by atoms with Crippen molar-refractivity contribution in [3.05, 3.63) is 35.4 Å². The van der Waals surface area contributed by atoms with Crippen molar-refractivity contribution in [2.24, 2.45) is 5.10 Å². The minimum Gasteiger partial charge on any atom is -0.508 e. The summed E-state index contributed by atoms with van der Waals surface area (Å²) in [6.45, 7) is 3.42. The Hall–Kier alpha value is -2.30. The zero-order valence-electron chi connectivity index (χ0n) is 9.64. The molecule has 0 saturated carbocycles. The molecule has 0 saturated heterocycles. The maximum absolute atomic E-state index is 11.3. The van der Waals surface area contributed by atoms with Crippen LogP contribution in [0.4, 0.5) is 0 Å². The van der Waals surface area contributed by atoms with Crippen LogP contribution in [0, 0.1) is 0 Å². The number of phenols is 2. The zero-order chi connectivity index (χ0) is 12.8. The first kappa shape index (κ1) is 12.8. The predicted molar refractivity (Wildman–Crippen MR) is 64.9 cm³/mol. The summed E-state index contributed by atoms with van der Waals surface area (Å²) in [5, 5.41) is 22.2. The van der Waals surface area contributed by atoms with Crippen LogP contribution >= 0.6 is 0 Å². The van der Waals surface area contributed by atoms with Gasteiger partial charge in [-0.3, -0.25) is 4.79 Å². The van der Waals surface area contributed by atoms with Crippen LogP contribution in [-0.2, 0) is 4.79 Å². The first-order valence-electron chi connectivity index (χ1n) is 5.03. The quantitative estimate of drug-likeness (QED) is 0.421. The smallest absolute Gasteiger partial charge is 0.266 e. The summed E-state index contributed by atoms with van der Waals surface area (Å²) in [4.78, 5) is 11.3. The molecular formula is C12H14N2O3. The molecule has 0 unspecified atom stereocenters. The highest BCUT2D eigenvalue weighted by atomic mass is 16.3. The molecule has 0 spiro atoms. The highest BCUT2D eigenvalue weighted by Gasteiger charge is 2.01. The Kier molecular flexibility index (Phi) is 4.28. The summed E-state index contributed by atoms with van der Waals surface area (Å²) in [6, 6.07) is 4.10. The predicted octanol–water partition coefficient (Wildman–Crippen LogP) is 1.51. The number of nitrogens with one attached hydrogen (secondary N) is 1. The molecular weight excluding hydrogens is 220 g/mol. The molecule has 0 heterocycles. The van der Waals surface area contributed by atoms with Gasteiger partial charge in [-0.15, -0.1) is 0 Å². The van der Waals surface area contributed by atoms with Gasteiger partial charge in [0.15, 0.2) is 0 Å². The molecule has 0 radical (unpaired) electrons. The van der Waals surface area contributed by atoms with Crippen LogP contribution in [0.3, 0.4) is 0 Å². The molecule has 0 atom stereocenters. The number of carbonyl (C=O) groups is 1. The summed E-state index contributed by atoms with van der Waals surface area (Å²) >= 11 is 0. The molecule has 0 aliphatic heterocycles. The summed E-state index contributed by atoms with van der Waals surface area (Å²) in [5.74, 6) is -0.443. The SMILES string of the molecule is C/C=C(/C)C(=O)N/N=C/c1ccc(O)cc1O. The molecule has 1 aromatic rings. The number of benzene rings is 1. The third-order valence-electron chi connectivity index (χ3n) is 2.17. The third-order valence-corrected chi connectivity index (χ3v) is 2.17. The molecule has 5 heteroatoms. The molecule has 0 aliphatic carbocycles. The van der Waals surface area contributed by atoms with Crippen LogP contribution in [0.1, 0.15) is 19.4 Å². The van der Waals surface area contributed by atoms with E-state index >= 15 is 0 Å².